The molecule has 0 amide bonds. The van der Waals surface area contributed by atoms with E-state index in [0.717, 1.165) is 5.56 Å². The third-order valence-electron chi connectivity index (χ3n) is 2.56. The normalized spacial score (nSPS) is 14.3. The molecule has 0 spiro atoms. The zero-order valence-electron chi connectivity index (χ0n) is 9.28. The van der Waals surface area contributed by atoms with Gasteiger partial charge in [-0.1, -0.05) is 25.1 Å². The second kappa shape index (κ2) is 4.34. The lowest BCUT2D eigenvalue weighted by Crippen LogP contribution is -2.40. The number of benzene rings is 1. The maximum Gasteiger partial charge on any atom is 0.347 e. The molecule has 0 aromatic heterocycles. The van der Waals surface area contributed by atoms with Crippen LogP contribution >= 0.6 is 0 Å². The van der Waals surface area contributed by atoms with Crippen LogP contribution in [0.3, 0.4) is 0 Å². The van der Waals surface area contributed by atoms with Crippen molar-refractivity contribution in [2.75, 3.05) is 0 Å². The number of carboxylic acid groups (broad SMARTS) is 1. The van der Waals surface area contributed by atoms with Gasteiger partial charge in [0.05, 0.1) is 0 Å². The van der Waals surface area contributed by atoms with E-state index in [9.17, 15) is 4.79 Å². The van der Waals surface area contributed by atoms with E-state index in [0.29, 0.717) is 12.2 Å². The van der Waals surface area contributed by atoms with Gasteiger partial charge in [0, 0.05) is 0 Å². The second-order valence-corrected chi connectivity index (χ2v) is 3.76. The Morgan fingerprint density at radius 1 is 1.47 bits per heavy atom. The minimum Gasteiger partial charge on any atom is -0.478 e. The number of rotatable bonds is 4. The fourth-order valence-electron chi connectivity index (χ4n) is 1.18. The predicted octanol–water partition coefficient (Wildman–Crippen LogP) is 2.63. The molecule has 0 aliphatic rings. The van der Waals surface area contributed by atoms with Gasteiger partial charge >= 0.3 is 5.97 Å². The summed E-state index contributed by atoms with van der Waals surface area (Å²) in [4.78, 5) is 11.0. The Morgan fingerprint density at radius 2 is 2.07 bits per heavy atom. The lowest BCUT2D eigenvalue weighted by molar-refractivity contribution is -0.154. The largest absolute Gasteiger partial charge is 0.478 e. The molecule has 0 aliphatic heterocycles. The fourth-order valence-corrected chi connectivity index (χ4v) is 1.18. The summed E-state index contributed by atoms with van der Waals surface area (Å²) in [7, 11) is 0. The molecule has 1 N–H and O–H groups in total. The zero-order valence-corrected chi connectivity index (χ0v) is 9.28. The van der Waals surface area contributed by atoms with Crippen LogP contribution in [0.15, 0.2) is 24.3 Å². The van der Waals surface area contributed by atoms with Crippen molar-refractivity contribution in [2.45, 2.75) is 32.8 Å². The van der Waals surface area contributed by atoms with Crippen LogP contribution in [-0.2, 0) is 4.79 Å². The van der Waals surface area contributed by atoms with Crippen LogP contribution in [0.2, 0.25) is 0 Å². The molecule has 1 rings (SSSR count). The molecule has 82 valence electrons. The second-order valence-electron chi connectivity index (χ2n) is 3.76. The summed E-state index contributed by atoms with van der Waals surface area (Å²) < 4.78 is 5.54. The number of ether oxygens (including phenoxy) is 1. The van der Waals surface area contributed by atoms with Crippen LogP contribution in [0.5, 0.6) is 5.75 Å². The molecular formula is C12H16O3. The molecule has 15 heavy (non-hydrogen) atoms. The van der Waals surface area contributed by atoms with Gasteiger partial charge in [-0.3, -0.25) is 0 Å². The smallest absolute Gasteiger partial charge is 0.347 e. The average Bonchev–Trinajstić information content (AvgIpc) is 2.21. The summed E-state index contributed by atoms with van der Waals surface area (Å²) in [6.07, 6.45) is 0.427. The van der Waals surface area contributed by atoms with Crippen molar-refractivity contribution in [3.05, 3.63) is 29.8 Å². The lowest BCUT2D eigenvalue weighted by atomic mass is 10.0. The summed E-state index contributed by atoms with van der Waals surface area (Å²) >= 11 is 0. The highest BCUT2D eigenvalue weighted by molar-refractivity contribution is 5.77. The van der Waals surface area contributed by atoms with Gasteiger partial charge in [0.2, 0.25) is 5.60 Å². The molecule has 0 aliphatic carbocycles. The van der Waals surface area contributed by atoms with Gasteiger partial charge in [0.25, 0.3) is 0 Å². The van der Waals surface area contributed by atoms with E-state index in [1.807, 2.05) is 25.1 Å². The molecule has 1 aromatic carbocycles. The number of para-hydroxylation sites is 1. The Hall–Kier alpha value is -1.51. The van der Waals surface area contributed by atoms with Gasteiger partial charge in [-0.25, -0.2) is 4.79 Å². The van der Waals surface area contributed by atoms with E-state index in [2.05, 4.69) is 0 Å². The Kier molecular flexibility index (Phi) is 3.35. The first-order valence-corrected chi connectivity index (χ1v) is 4.97. The summed E-state index contributed by atoms with van der Waals surface area (Å²) in [6.45, 7) is 5.28. The number of aliphatic carboxylic acids is 1. The lowest BCUT2D eigenvalue weighted by Gasteiger charge is -2.25. The molecule has 1 aromatic rings. The highest BCUT2D eigenvalue weighted by Gasteiger charge is 2.33. The quantitative estimate of drug-likeness (QED) is 0.827. The van der Waals surface area contributed by atoms with Crippen LogP contribution in [0.1, 0.15) is 25.8 Å². The first-order chi connectivity index (χ1) is 6.99. The first-order valence-electron chi connectivity index (χ1n) is 4.97. The molecule has 0 bridgehead atoms. The zero-order chi connectivity index (χ0) is 11.5. The van der Waals surface area contributed by atoms with E-state index < -0.39 is 11.6 Å². The van der Waals surface area contributed by atoms with Crippen molar-refractivity contribution >= 4 is 5.97 Å². The molecule has 1 atom stereocenters. The van der Waals surface area contributed by atoms with Gasteiger partial charge in [-0.2, -0.15) is 0 Å². The number of aryl methyl sites for hydroxylation is 1. The number of carboxylic acids is 1. The molecule has 0 saturated carbocycles. The third-order valence-corrected chi connectivity index (χ3v) is 2.56. The summed E-state index contributed by atoms with van der Waals surface area (Å²) in [5.74, 6) is -0.308. The SMILES string of the molecule is CCC(C)(Oc1ccccc1C)C(=O)O. The standard InChI is InChI=1S/C12H16O3/c1-4-12(3,11(13)14)15-10-8-6-5-7-9(10)2/h5-8H,4H2,1-3H3,(H,13,14). The Bertz CT molecular complexity index is 360. The topological polar surface area (TPSA) is 46.5 Å². The van der Waals surface area contributed by atoms with Crippen molar-refractivity contribution in [2.24, 2.45) is 0 Å². The van der Waals surface area contributed by atoms with Crippen molar-refractivity contribution in [3.8, 4) is 5.75 Å². The van der Waals surface area contributed by atoms with E-state index in [1.165, 1.54) is 0 Å². The van der Waals surface area contributed by atoms with Crippen molar-refractivity contribution in [3.63, 3.8) is 0 Å². The fraction of sp³-hybridized carbons (Fsp3) is 0.417. The van der Waals surface area contributed by atoms with Gasteiger partial charge in [0.1, 0.15) is 5.75 Å². The number of hydrogen-bond acceptors (Lipinski definition) is 2. The van der Waals surface area contributed by atoms with E-state index in [1.54, 1.807) is 19.9 Å². The molecule has 3 heteroatoms. The minimum absolute atomic E-state index is 0.427. The first kappa shape index (κ1) is 11.6. The molecule has 0 heterocycles. The molecule has 0 radical (unpaired) electrons. The Balaban J connectivity index is 2.94. The maximum atomic E-state index is 11.0. The van der Waals surface area contributed by atoms with E-state index >= 15 is 0 Å². The summed E-state index contributed by atoms with van der Waals surface area (Å²) in [5, 5.41) is 9.06. The third kappa shape index (κ3) is 2.49. The van der Waals surface area contributed by atoms with Crippen molar-refractivity contribution in [1.29, 1.82) is 0 Å². The highest BCUT2D eigenvalue weighted by Crippen LogP contribution is 2.24. The van der Waals surface area contributed by atoms with Crippen LogP contribution in [0.4, 0.5) is 0 Å². The molecular weight excluding hydrogens is 192 g/mol. The van der Waals surface area contributed by atoms with Crippen LogP contribution < -0.4 is 4.74 Å². The Labute approximate surface area is 89.7 Å². The van der Waals surface area contributed by atoms with Gasteiger partial charge in [-0.05, 0) is 31.9 Å². The van der Waals surface area contributed by atoms with Gasteiger partial charge in [-0.15, -0.1) is 0 Å². The van der Waals surface area contributed by atoms with Crippen LogP contribution in [0, 0.1) is 6.92 Å². The van der Waals surface area contributed by atoms with Gasteiger partial charge in [0.15, 0.2) is 0 Å². The molecule has 1 unspecified atom stereocenters. The summed E-state index contributed by atoms with van der Waals surface area (Å²) in [6, 6.07) is 7.41. The predicted molar refractivity (Wildman–Crippen MR) is 58.1 cm³/mol. The summed E-state index contributed by atoms with van der Waals surface area (Å²) in [5.41, 5.74) is -0.204. The van der Waals surface area contributed by atoms with Gasteiger partial charge < -0.3 is 9.84 Å². The monoisotopic (exact) mass is 208 g/mol. The van der Waals surface area contributed by atoms with Crippen LogP contribution in [0.25, 0.3) is 0 Å². The maximum absolute atomic E-state index is 11.0. The number of hydrogen-bond donors (Lipinski definition) is 1. The molecule has 0 fully saturated rings. The number of carbonyl (C=O) groups is 1. The minimum atomic E-state index is -1.15. The van der Waals surface area contributed by atoms with Crippen LogP contribution in [-0.4, -0.2) is 16.7 Å². The highest BCUT2D eigenvalue weighted by atomic mass is 16.5. The van der Waals surface area contributed by atoms with Crippen molar-refractivity contribution < 1.29 is 14.6 Å². The van der Waals surface area contributed by atoms with E-state index in [-0.39, 0.29) is 0 Å². The van der Waals surface area contributed by atoms with Crippen molar-refractivity contribution in [1.82, 2.24) is 0 Å². The average molecular weight is 208 g/mol. The van der Waals surface area contributed by atoms with E-state index in [4.69, 9.17) is 9.84 Å². The Morgan fingerprint density at radius 3 is 2.53 bits per heavy atom. The molecule has 0 saturated heterocycles. The molecule has 3 nitrogen and oxygen atoms in total.